The smallest absolute Gasteiger partial charge is 0.306 e. The molecule has 0 aliphatic heterocycles. The van der Waals surface area contributed by atoms with Crippen LogP contribution in [0.3, 0.4) is 0 Å². The summed E-state index contributed by atoms with van der Waals surface area (Å²) in [5.74, 6) is -0.921. The lowest BCUT2D eigenvalue weighted by Gasteiger charge is -2.18. The molecule has 0 aromatic heterocycles. The number of hydrogen-bond acceptors (Lipinski definition) is 6. The third-order valence-electron chi connectivity index (χ3n) is 12.4. The first kappa shape index (κ1) is 61.6. The Morgan fingerprint density at radius 2 is 0.578 bits per heavy atom. The van der Waals surface area contributed by atoms with Crippen molar-refractivity contribution in [2.24, 2.45) is 0 Å². The summed E-state index contributed by atoms with van der Waals surface area (Å²) in [6.45, 7) is 6.63. The maximum absolute atomic E-state index is 12.8. The lowest BCUT2D eigenvalue weighted by Crippen LogP contribution is -2.30. The van der Waals surface area contributed by atoms with E-state index < -0.39 is 6.10 Å². The molecule has 0 rings (SSSR count). The van der Waals surface area contributed by atoms with Crippen LogP contribution in [0.4, 0.5) is 0 Å². The molecular weight excluding hydrogens is 793 g/mol. The lowest BCUT2D eigenvalue weighted by atomic mass is 10.0. The molecule has 0 spiro atoms. The highest BCUT2D eigenvalue weighted by Crippen LogP contribution is 2.16. The van der Waals surface area contributed by atoms with Crippen molar-refractivity contribution in [1.82, 2.24) is 0 Å². The van der Waals surface area contributed by atoms with E-state index in [9.17, 15) is 14.4 Å². The summed E-state index contributed by atoms with van der Waals surface area (Å²) in [5.41, 5.74) is 0. The van der Waals surface area contributed by atoms with E-state index in [0.717, 1.165) is 57.8 Å². The fraction of sp³-hybridized carbons (Fsp3) is 0.845. The predicted molar refractivity (Wildman–Crippen MR) is 275 cm³/mol. The lowest BCUT2D eigenvalue weighted by molar-refractivity contribution is -0.167. The molecule has 1 atom stereocenters. The van der Waals surface area contributed by atoms with Gasteiger partial charge in [-0.05, 0) is 51.4 Å². The maximum Gasteiger partial charge on any atom is 0.306 e. The van der Waals surface area contributed by atoms with Gasteiger partial charge in [-0.1, -0.05) is 263 Å². The summed E-state index contributed by atoms with van der Waals surface area (Å²) < 4.78 is 16.8. The van der Waals surface area contributed by atoms with E-state index in [1.165, 1.54) is 193 Å². The highest BCUT2D eigenvalue weighted by atomic mass is 16.6. The van der Waals surface area contributed by atoms with Gasteiger partial charge in [0.15, 0.2) is 6.10 Å². The molecule has 0 aliphatic carbocycles. The fourth-order valence-electron chi connectivity index (χ4n) is 8.17. The molecule has 0 fully saturated rings. The van der Waals surface area contributed by atoms with Crippen LogP contribution in [0.25, 0.3) is 0 Å². The molecule has 0 amide bonds. The molecule has 0 radical (unpaired) electrons. The van der Waals surface area contributed by atoms with E-state index in [1.807, 2.05) is 0 Å². The topological polar surface area (TPSA) is 78.9 Å². The second-order valence-corrected chi connectivity index (χ2v) is 18.9. The Kier molecular flexibility index (Phi) is 51.3. The van der Waals surface area contributed by atoms with Crippen molar-refractivity contribution in [3.05, 3.63) is 36.5 Å². The van der Waals surface area contributed by atoms with Gasteiger partial charge < -0.3 is 14.2 Å². The number of allylic oxidation sites excluding steroid dienone is 6. The molecular formula is C58H106O6. The highest BCUT2D eigenvalue weighted by Gasteiger charge is 2.19. The van der Waals surface area contributed by atoms with Crippen LogP contribution < -0.4 is 0 Å². The number of esters is 3. The minimum atomic E-state index is -0.787. The fourth-order valence-corrected chi connectivity index (χ4v) is 8.17. The van der Waals surface area contributed by atoms with E-state index in [1.54, 1.807) is 0 Å². The average molecular weight is 899 g/mol. The molecule has 374 valence electrons. The maximum atomic E-state index is 12.8. The molecule has 0 N–H and O–H groups in total. The average Bonchev–Trinajstić information content (AvgIpc) is 3.29. The van der Waals surface area contributed by atoms with Crippen molar-refractivity contribution in [3.8, 4) is 0 Å². The molecule has 0 aromatic carbocycles. The van der Waals surface area contributed by atoms with Gasteiger partial charge in [-0.2, -0.15) is 0 Å². The number of carbonyl (C=O) groups excluding carboxylic acids is 3. The molecule has 6 heteroatoms. The van der Waals surface area contributed by atoms with Crippen molar-refractivity contribution < 1.29 is 28.6 Å². The van der Waals surface area contributed by atoms with Crippen LogP contribution in [0, 0.1) is 0 Å². The molecule has 0 saturated heterocycles. The molecule has 6 nitrogen and oxygen atoms in total. The minimum Gasteiger partial charge on any atom is -0.462 e. The van der Waals surface area contributed by atoms with E-state index in [2.05, 4.69) is 57.2 Å². The van der Waals surface area contributed by atoms with Gasteiger partial charge in [-0.3, -0.25) is 14.4 Å². The second kappa shape index (κ2) is 53.2. The standard InChI is InChI=1S/C58H106O6/c1-4-7-10-13-16-19-22-25-28-29-31-33-36-39-42-45-48-51-57(60)63-54-55(53-62-56(59)50-47-44-41-38-35-32-27-24-21-18-15-12-9-6-3)64-58(61)52-49-46-43-40-37-34-30-26-23-20-17-14-11-8-5-2/h25,28,31,33,39,42,55H,4-24,26-27,29-30,32,34-38,40-41,43-54H2,1-3H3/b28-25-,33-31-,42-39-. The summed E-state index contributed by atoms with van der Waals surface area (Å²) in [5, 5.41) is 0. The van der Waals surface area contributed by atoms with Crippen LogP contribution >= 0.6 is 0 Å². The normalized spacial score (nSPS) is 12.2. The molecule has 0 aliphatic rings. The van der Waals surface area contributed by atoms with E-state index in [-0.39, 0.29) is 31.1 Å². The van der Waals surface area contributed by atoms with Crippen LogP contribution in [-0.2, 0) is 28.6 Å². The number of unbranched alkanes of at least 4 members (excludes halogenated alkanes) is 34. The van der Waals surface area contributed by atoms with Crippen molar-refractivity contribution in [1.29, 1.82) is 0 Å². The number of ether oxygens (including phenoxy) is 3. The number of rotatable bonds is 51. The van der Waals surface area contributed by atoms with E-state index in [4.69, 9.17) is 14.2 Å². The molecule has 0 saturated carbocycles. The highest BCUT2D eigenvalue weighted by molar-refractivity contribution is 5.71. The minimum absolute atomic E-state index is 0.0829. The predicted octanol–water partition coefficient (Wildman–Crippen LogP) is 18.5. The molecule has 0 heterocycles. The third-order valence-corrected chi connectivity index (χ3v) is 12.4. The number of carbonyl (C=O) groups is 3. The van der Waals surface area contributed by atoms with Gasteiger partial charge in [0.2, 0.25) is 0 Å². The molecule has 0 aromatic rings. The second-order valence-electron chi connectivity index (χ2n) is 18.9. The monoisotopic (exact) mass is 899 g/mol. The largest absolute Gasteiger partial charge is 0.462 e. The third kappa shape index (κ3) is 50.6. The first-order valence-corrected chi connectivity index (χ1v) is 28.0. The molecule has 1 unspecified atom stereocenters. The summed E-state index contributed by atoms with van der Waals surface area (Å²) >= 11 is 0. The van der Waals surface area contributed by atoms with E-state index >= 15 is 0 Å². The van der Waals surface area contributed by atoms with E-state index in [0.29, 0.717) is 25.7 Å². The van der Waals surface area contributed by atoms with Gasteiger partial charge in [0.05, 0.1) is 0 Å². The van der Waals surface area contributed by atoms with Gasteiger partial charge >= 0.3 is 17.9 Å². The van der Waals surface area contributed by atoms with Crippen molar-refractivity contribution >= 4 is 17.9 Å². The van der Waals surface area contributed by atoms with Gasteiger partial charge in [-0.15, -0.1) is 0 Å². The zero-order valence-electron chi connectivity index (χ0n) is 42.8. The first-order chi connectivity index (χ1) is 31.5. The SMILES string of the molecule is CCCCCCCC/C=C\C/C=C\C/C=C\CCCC(=O)OCC(COC(=O)CCCCCCCCCCCCCCCC)OC(=O)CCCCCCCCCCCCCCCCC. The Bertz CT molecular complexity index is 1080. The van der Waals surface area contributed by atoms with Crippen LogP contribution in [0.15, 0.2) is 36.5 Å². The van der Waals surface area contributed by atoms with Crippen LogP contribution in [-0.4, -0.2) is 37.2 Å². The Morgan fingerprint density at radius 3 is 0.938 bits per heavy atom. The zero-order valence-corrected chi connectivity index (χ0v) is 42.8. The van der Waals surface area contributed by atoms with Crippen LogP contribution in [0.1, 0.15) is 297 Å². The van der Waals surface area contributed by atoms with Gasteiger partial charge in [0, 0.05) is 19.3 Å². The summed E-state index contributed by atoms with van der Waals surface area (Å²) in [6, 6.07) is 0. The van der Waals surface area contributed by atoms with Gasteiger partial charge in [0.25, 0.3) is 0 Å². The van der Waals surface area contributed by atoms with Gasteiger partial charge in [-0.25, -0.2) is 0 Å². The molecule has 64 heavy (non-hydrogen) atoms. The Balaban J connectivity index is 4.41. The summed E-state index contributed by atoms with van der Waals surface area (Å²) in [4.78, 5) is 38.0. The zero-order chi connectivity index (χ0) is 46.5. The van der Waals surface area contributed by atoms with Crippen molar-refractivity contribution in [2.45, 2.75) is 303 Å². The Hall–Kier alpha value is -2.37. The van der Waals surface area contributed by atoms with Crippen LogP contribution in [0.5, 0.6) is 0 Å². The Morgan fingerprint density at radius 1 is 0.312 bits per heavy atom. The molecule has 0 bridgehead atoms. The van der Waals surface area contributed by atoms with Crippen LogP contribution in [0.2, 0.25) is 0 Å². The van der Waals surface area contributed by atoms with Crippen molar-refractivity contribution in [3.63, 3.8) is 0 Å². The Labute approximate surface area is 397 Å². The first-order valence-electron chi connectivity index (χ1n) is 28.0. The number of hydrogen-bond donors (Lipinski definition) is 0. The van der Waals surface area contributed by atoms with Crippen molar-refractivity contribution in [2.75, 3.05) is 13.2 Å². The summed E-state index contributed by atoms with van der Waals surface area (Å²) in [7, 11) is 0. The van der Waals surface area contributed by atoms with Gasteiger partial charge in [0.1, 0.15) is 13.2 Å². The summed E-state index contributed by atoms with van der Waals surface area (Å²) in [6.07, 6.45) is 62.8. The quantitative estimate of drug-likeness (QED) is 0.0262.